The van der Waals surface area contributed by atoms with Gasteiger partial charge in [0.25, 0.3) is 0 Å². The van der Waals surface area contributed by atoms with Crippen molar-refractivity contribution in [1.29, 1.82) is 0 Å². The molecule has 0 fully saturated rings. The maximum absolute atomic E-state index is 12.2. The number of benzene rings is 1. The van der Waals surface area contributed by atoms with Gasteiger partial charge >= 0.3 is 5.97 Å². The van der Waals surface area contributed by atoms with Crippen molar-refractivity contribution in [3.8, 4) is 12.3 Å². The highest BCUT2D eigenvalue weighted by Gasteiger charge is 2.15. The quantitative estimate of drug-likeness (QED) is 0.296. The Balaban J connectivity index is 3.04. The first kappa shape index (κ1) is 16.2. The van der Waals surface area contributed by atoms with Gasteiger partial charge < -0.3 is 5.11 Å². The summed E-state index contributed by atoms with van der Waals surface area (Å²) in [6.07, 6.45) is 9.63. The molecule has 0 saturated heterocycles. The van der Waals surface area contributed by atoms with Gasteiger partial charge in [0, 0.05) is 11.6 Å². The van der Waals surface area contributed by atoms with Crippen molar-refractivity contribution >= 4 is 11.8 Å². The Morgan fingerprint density at radius 2 is 2.10 bits per heavy atom. The van der Waals surface area contributed by atoms with E-state index in [0.29, 0.717) is 16.7 Å². The normalized spacial score (nSPS) is 11.8. The first-order chi connectivity index (χ1) is 9.97. The van der Waals surface area contributed by atoms with Crippen LogP contribution in [0.3, 0.4) is 0 Å². The van der Waals surface area contributed by atoms with Gasteiger partial charge in [-0.1, -0.05) is 24.1 Å². The summed E-state index contributed by atoms with van der Waals surface area (Å²) in [6.45, 7) is 3.27. The fourth-order valence-corrected chi connectivity index (χ4v) is 1.66. The minimum Gasteiger partial charge on any atom is -0.481 e. The van der Waals surface area contributed by atoms with E-state index in [4.69, 9.17) is 11.5 Å². The molecule has 0 aliphatic rings. The lowest BCUT2D eigenvalue weighted by molar-refractivity contribution is -0.138. The number of Topliss-reactive ketones (excluding diaryl/α,β-unsaturated/α-hetero) is 1. The standard InChI is InChI=1S/C18H16O3/c1-4-5-6-7-9-13(2)17(19)16-11-8-10-15(12-16)14(3)18(20)21/h1,5,7-12,14H,2-3H3,(H,20,21). The third kappa shape index (κ3) is 4.65. The molecule has 106 valence electrons. The molecule has 0 aliphatic carbocycles. The maximum atomic E-state index is 12.2. The highest BCUT2D eigenvalue weighted by molar-refractivity contribution is 6.08. The van der Waals surface area contributed by atoms with E-state index in [0.717, 1.165) is 0 Å². The molecule has 3 nitrogen and oxygen atoms in total. The Hall–Kier alpha value is -2.82. The van der Waals surface area contributed by atoms with Gasteiger partial charge in [0.15, 0.2) is 5.78 Å². The summed E-state index contributed by atoms with van der Waals surface area (Å²) in [5, 5.41) is 9.01. The fourth-order valence-electron chi connectivity index (χ4n) is 1.66. The number of rotatable bonds is 5. The molecule has 0 aliphatic heterocycles. The zero-order chi connectivity index (χ0) is 15.8. The number of carbonyl (C=O) groups is 2. The highest BCUT2D eigenvalue weighted by Crippen LogP contribution is 2.18. The fraction of sp³-hybridized carbons (Fsp3) is 0.167. The van der Waals surface area contributed by atoms with Gasteiger partial charge in [0.1, 0.15) is 0 Å². The van der Waals surface area contributed by atoms with Crippen LogP contribution in [-0.2, 0) is 4.79 Å². The van der Waals surface area contributed by atoms with Crippen LogP contribution in [0.1, 0.15) is 35.7 Å². The number of carbonyl (C=O) groups excluding carboxylic acids is 1. The zero-order valence-corrected chi connectivity index (χ0v) is 12.0. The van der Waals surface area contributed by atoms with Crippen molar-refractivity contribution in [1.82, 2.24) is 0 Å². The van der Waals surface area contributed by atoms with E-state index < -0.39 is 11.9 Å². The van der Waals surface area contributed by atoms with E-state index in [9.17, 15) is 9.59 Å². The molecule has 1 aromatic rings. The smallest absolute Gasteiger partial charge is 0.310 e. The average molecular weight is 280 g/mol. The molecular formula is C18H16O3. The largest absolute Gasteiger partial charge is 0.481 e. The van der Waals surface area contributed by atoms with Crippen LogP contribution >= 0.6 is 0 Å². The number of aliphatic carboxylic acids is 1. The number of carboxylic acids is 1. The summed E-state index contributed by atoms with van der Waals surface area (Å²) >= 11 is 0. The zero-order valence-electron chi connectivity index (χ0n) is 12.0. The molecule has 0 radical (unpaired) electrons. The predicted molar refractivity (Wildman–Crippen MR) is 82.1 cm³/mol. The van der Waals surface area contributed by atoms with Crippen molar-refractivity contribution in [2.75, 3.05) is 0 Å². The number of ketones is 1. The van der Waals surface area contributed by atoms with E-state index in [2.05, 4.69) is 11.7 Å². The molecule has 0 bridgehead atoms. The second kappa shape index (κ2) is 7.69. The van der Waals surface area contributed by atoms with E-state index in [1.54, 1.807) is 50.3 Å². The van der Waals surface area contributed by atoms with Gasteiger partial charge in [-0.15, -0.1) is 12.2 Å². The highest BCUT2D eigenvalue weighted by atomic mass is 16.4. The molecule has 21 heavy (non-hydrogen) atoms. The summed E-state index contributed by atoms with van der Waals surface area (Å²) in [6, 6.07) is 6.66. The molecule has 3 heteroatoms. The van der Waals surface area contributed by atoms with Gasteiger partial charge in [0.05, 0.1) is 5.92 Å². The number of hydrogen-bond acceptors (Lipinski definition) is 2. The molecule has 0 heterocycles. The first-order valence-corrected chi connectivity index (χ1v) is 6.38. The maximum Gasteiger partial charge on any atom is 0.310 e. The second-order valence-electron chi connectivity index (χ2n) is 4.51. The summed E-state index contributed by atoms with van der Waals surface area (Å²) < 4.78 is 0. The molecule has 1 aromatic carbocycles. The Bertz CT molecular complexity index is 681. The van der Waals surface area contributed by atoms with Gasteiger partial charge in [-0.25, -0.2) is 0 Å². The average Bonchev–Trinajstić information content (AvgIpc) is 2.49. The van der Waals surface area contributed by atoms with Crippen LogP contribution in [-0.4, -0.2) is 16.9 Å². The van der Waals surface area contributed by atoms with Crippen LogP contribution in [0, 0.1) is 12.3 Å². The first-order valence-electron chi connectivity index (χ1n) is 6.38. The summed E-state index contributed by atoms with van der Waals surface area (Å²) in [4.78, 5) is 23.2. The van der Waals surface area contributed by atoms with E-state index in [1.807, 2.05) is 0 Å². The number of hydrogen-bond donors (Lipinski definition) is 1. The monoisotopic (exact) mass is 280 g/mol. The summed E-state index contributed by atoms with van der Waals surface area (Å²) in [5.41, 5.74) is 4.31. The Morgan fingerprint density at radius 3 is 2.71 bits per heavy atom. The van der Waals surface area contributed by atoms with Gasteiger partial charge in [-0.05, 0) is 43.2 Å². The third-order valence-electron chi connectivity index (χ3n) is 2.97. The van der Waals surface area contributed by atoms with E-state index in [-0.39, 0.29) is 5.78 Å². The molecule has 1 N–H and O–H groups in total. The van der Waals surface area contributed by atoms with Crippen molar-refractivity contribution < 1.29 is 14.7 Å². The predicted octanol–water partition coefficient (Wildman–Crippen LogP) is 3.35. The number of carboxylic acid groups (broad SMARTS) is 1. The Labute approximate surface area is 124 Å². The Kier molecular flexibility index (Phi) is 5.95. The lowest BCUT2D eigenvalue weighted by Gasteiger charge is -2.08. The van der Waals surface area contributed by atoms with Gasteiger partial charge in [-0.2, -0.15) is 0 Å². The van der Waals surface area contributed by atoms with E-state index in [1.165, 1.54) is 6.08 Å². The van der Waals surface area contributed by atoms with Crippen LogP contribution < -0.4 is 0 Å². The van der Waals surface area contributed by atoms with Crippen LogP contribution in [0.4, 0.5) is 0 Å². The van der Waals surface area contributed by atoms with Crippen molar-refractivity contribution in [2.45, 2.75) is 19.8 Å². The molecule has 0 aromatic heterocycles. The molecule has 0 amide bonds. The van der Waals surface area contributed by atoms with Gasteiger partial charge in [0.2, 0.25) is 0 Å². The second-order valence-corrected chi connectivity index (χ2v) is 4.51. The molecule has 1 rings (SSSR count). The van der Waals surface area contributed by atoms with Crippen LogP contribution in [0.25, 0.3) is 0 Å². The molecule has 1 unspecified atom stereocenters. The molecule has 0 saturated carbocycles. The van der Waals surface area contributed by atoms with Crippen molar-refractivity contribution in [3.05, 3.63) is 64.9 Å². The van der Waals surface area contributed by atoms with Crippen LogP contribution in [0.5, 0.6) is 0 Å². The molecule has 1 atom stereocenters. The minimum atomic E-state index is -0.922. The molecule has 0 spiro atoms. The lowest BCUT2D eigenvalue weighted by Crippen LogP contribution is -2.09. The lowest BCUT2D eigenvalue weighted by atomic mass is 9.96. The van der Waals surface area contributed by atoms with E-state index >= 15 is 0 Å². The Morgan fingerprint density at radius 1 is 1.38 bits per heavy atom. The third-order valence-corrected chi connectivity index (χ3v) is 2.97. The minimum absolute atomic E-state index is 0.159. The topological polar surface area (TPSA) is 54.4 Å². The van der Waals surface area contributed by atoms with Crippen LogP contribution in [0.15, 0.2) is 53.8 Å². The number of terminal acetylenes is 1. The summed E-state index contributed by atoms with van der Waals surface area (Å²) in [7, 11) is 0. The summed E-state index contributed by atoms with van der Waals surface area (Å²) in [5.74, 6) is 0.562. The van der Waals surface area contributed by atoms with Crippen molar-refractivity contribution in [2.24, 2.45) is 0 Å². The van der Waals surface area contributed by atoms with Crippen LogP contribution in [0.2, 0.25) is 0 Å². The van der Waals surface area contributed by atoms with Crippen molar-refractivity contribution in [3.63, 3.8) is 0 Å². The number of allylic oxidation sites excluding steroid dienone is 3. The molecular weight excluding hydrogens is 264 g/mol. The van der Waals surface area contributed by atoms with Gasteiger partial charge in [-0.3, -0.25) is 9.59 Å². The SMILES string of the molecule is C#CC=C=CC=C(C)C(=O)c1cccc(C(C)C(=O)O)c1.